The number of aromatic nitrogens is 2. The summed E-state index contributed by atoms with van der Waals surface area (Å²) in [5.74, 6) is -1.86. The van der Waals surface area contributed by atoms with Crippen LogP contribution >= 0.6 is 0 Å². The van der Waals surface area contributed by atoms with Crippen LogP contribution in [0.1, 0.15) is 17.2 Å². The molecule has 0 aliphatic heterocycles. The second kappa shape index (κ2) is 6.11. The van der Waals surface area contributed by atoms with Gasteiger partial charge in [0.15, 0.2) is 11.6 Å². The van der Waals surface area contributed by atoms with Crippen LogP contribution in [0.25, 0.3) is 0 Å². The zero-order chi connectivity index (χ0) is 14.7. The molecular weight excluding hydrogens is 264 g/mol. The van der Waals surface area contributed by atoms with Gasteiger partial charge in [0.2, 0.25) is 0 Å². The maximum atomic E-state index is 13.1. The second-order valence-corrected chi connectivity index (χ2v) is 4.91. The lowest BCUT2D eigenvalue weighted by atomic mass is 10.1. The third kappa shape index (κ3) is 3.61. The number of halogens is 2. The fourth-order valence-electron chi connectivity index (χ4n) is 2.05. The standard InChI is InChI=1S/C14H17F2N3O/c1-18(7-10-6-17-19(2)8-10)9-14(20)11-3-4-12(15)13(16)5-11/h3-6,8,14,20H,7,9H2,1-2H3. The minimum absolute atomic E-state index is 0.319. The predicted octanol–water partition coefficient (Wildman–Crippen LogP) is 1.86. The van der Waals surface area contributed by atoms with Crippen molar-refractivity contribution in [1.29, 1.82) is 0 Å². The molecule has 1 atom stereocenters. The SMILES string of the molecule is CN(Cc1cnn(C)c1)CC(O)c1ccc(F)c(F)c1. The van der Waals surface area contributed by atoms with Gasteiger partial charge in [0.1, 0.15) is 0 Å². The number of aliphatic hydroxyl groups is 1. The Labute approximate surface area is 116 Å². The molecule has 0 amide bonds. The van der Waals surface area contributed by atoms with Gasteiger partial charge < -0.3 is 5.11 Å². The van der Waals surface area contributed by atoms with E-state index in [9.17, 15) is 13.9 Å². The van der Waals surface area contributed by atoms with Crippen LogP contribution in [0.5, 0.6) is 0 Å². The van der Waals surface area contributed by atoms with Gasteiger partial charge in [0.05, 0.1) is 12.3 Å². The van der Waals surface area contributed by atoms with Crippen molar-refractivity contribution >= 4 is 0 Å². The van der Waals surface area contributed by atoms with Crippen molar-refractivity contribution in [3.63, 3.8) is 0 Å². The summed E-state index contributed by atoms with van der Waals surface area (Å²) < 4.78 is 27.7. The van der Waals surface area contributed by atoms with Crippen molar-refractivity contribution in [1.82, 2.24) is 14.7 Å². The Hall–Kier alpha value is -1.79. The summed E-state index contributed by atoms with van der Waals surface area (Å²) in [5.41, 5.74) is 1.38. The van der Waals surface area contributed by atoms with Crippen molar-refractivity contribution in [3.05, 3.63) is 53.4 Å². The number of rotatable bonds is 5. The first-order valence-corrected chi connectivity index (χ1v) is 6.25. The quantitative estimate of drug-likeness (QED) is 0.909. The summed E-state index contributed by atoms with van der Waals surface area (Å²) in [7, 11) is 3.68. The average molecular weight is 281 g/mol. The first-order valence-electron chi connectivity index (χ1n) is 6.25. The van der Waals surface area contributed by atoms with E-state index in [2.05, 4.69) is 5.10 Å². The molecule has 1 N–H and O–H groups in total. The summed E-state index contributed by atoms with van der Waals surface area (Å²) in [4.78, 5) is 1.89. The van der Waals surface area contributed by atoms with Crippen molar-refractivity contribution in [2.24, 2.45) is 7.05 Å². The Kier molecular flexibility index (Phi) is 4.46. The molecule has 0 spiro atoms. The summed E-state index contributed by atoms with van der Waals surface area (Å²) in [6.07, 6.45) is 2.77. The highest BCUT2D eigenvalue weighted by Crippen LogP contribution is 2.17. The molecule has 4 nitrogen and oxygen atoms in total. The number of nitrogens with zero attached hydrogens (tertiary/aromatic N) is 3. The number of aryl methyl sites for hydroxylation is 1. The van der Waals surface area contributed by atoms with Crippen LogP contribution < -0.4 is 0 Å². The maximum Gasteiger partial charge on any atom is 0.159 e. The maximum absolute atomic E-state index is 13.1. The van der Waals surface area contributed by atoms with Gasteiger partial charge in [-0.25, -0.2) is 8.78 Å². The summed E-state index contributed by atoms with van der Waals surface area (Å²) >= 11 is 0. The van der Waals surface area contributed by atoms with Crippen molar-refractivity contribution in [2.45, 2.75) is 12.6 Å². The smallest absolute Gasteiger partial charge is 0.159 e. The third-order valence-electron chi connectivity index (χ3n) is 3.02. The van der Waals surface area contributed by atoms with Crippen LogP contribution in [-0.2, 0) is 13.6 Å². The van der Waals surface area contributed by atoms with E-state index < -0.39 is 17.7 Å². The molecule has 0 bridgehead atoms. The van der Waals surface area contributed by atoms with Crippen LogP contribution in [0.2, 0.25) is 0 Å². The summed E-state index contributed by atoms with van der Waals surface area (Å²) in [6.45, 7) is 0.939. The Morgan fingerprint density at radius 2 is 2.10 bits per heavy atom. The van der Waals surface area contributed by atoms with Gasteiger partial charge in [0.25, 0.3) is 0 Å². The third-order valence-corrected chi connectivity index (χ3v) is 3.02. The Bertz CT molecular complexity index is 586. The van der Waals surface area contributed by atoms with E-state index in [1.807, 2.05) is 25.2 Å². The van der Waals surface area contributed by atoms with Crippen LogP contribution in [0.4, 0.5) is 8.78 Å². The van der Waals surface area contributed by atoms with Gasteiger partial charge in [-0.1, -0.05) is 6.07 Å². The van der Waals surface area contributed by atoms with Crippen LogP contribution in [-0.4, -0.2) is 33.4 Å². The second-order valence-electron chi connectivity index (χ2n) is 4.91. The van der Waals surface area contributed by atoms with Crippen LogP contribution in [0.3, 0.4) is 0 Å². The molecule has 0 fully saturated rings. The van der Waals surface area contributed by atoms with Gasteiger partial charge in [0, 0.05) is 31.9 Å². The highest BCUT2D eigenvalue weighted by atomic mass is 19.2. The highest BCUT2D eigenvalue weighted by molar-refractivity contribution is 5.20. The molecule has 2 aromatic rings. The van der Waals surface area contributed by atoms with E-state index in [0.29, 0.717) is 18.7 Å². The zero-order valence-electron chi connectivity index (χ0n) is 11.4. The molecule has 20 heavy (non-hydrogen) atoms. The molecule has 0 aliphatic rings. The fraction of sp³-hybridized carbons (Fsp3) is 0.357. The van der Waals surface area contributed by atoms with Crippen molar-refractivity contribution in [3.8, 4) is 0 Å². The molecule has 1 aromatic heterocycles. The Morgan fingerprint density at radius 1 is 1.35 bits per heavy atom. The monoisotopic (exact) mass is 281 g/mol. The number of aliphatic hydroxyl groups excluding tert-OH is 1. The van der Waals surface area contributed by atoms with E-state index in [4.69, 9.17) is 0 Å². The Morgan fingerprint density at radius 3 is 2.70 bits per heavy atom. The number of hydrogen-bond acceptors (Lipinski definition) is 3. The largest absolute Gasteiger partial charge is 0.387 e. The first kappa shape index (κ1) is 14.6. The van der Waals surface area contributed by atoms with Gasteiger partial charge >= 0.3 is 0 Å². The van der Waals surface area contributed by atoms with Crippen LogP contribution in [0.15, 0.2) is 30.6 Å². The van der Waals surface area contributed by atoms with E-state index in [-0.39, 0.29) is 0 Å². The van der Waals surface area contributed by atoms with Gasteiger partial charge in [-0.3, -0.25) is 9.58 Å². The van der Waals surface area contributed by atoms with E-state index >= 15 is 0 Å². The Balaban J connectivity index is 1.96. The highest BCUT2D eigenvalue weighted by Gasteiger charge is 2.13. The van der Waals surface area contributed by atoms with Crippen molar-refractivity contribution in [2.75, 3.05) is 13.6 Å². The lowest BCUT2D eigenvalue weighted by molar-refractivity contribution is 0.123. The van der Waals surface area contributed by atoms with Gasteiger partial charge in [-0.15, -0.1) is 0 Å². The predicted molar refractivity (Wildman–Crippen MR) is 70.9 cm³/mol. The minimum Gasteiger partial charge on any atom is -0.387 e. The van der Waals surface area contributed by atoms with Crippen molar-refractivity contribution < 1.29 is 13.9 Å². The first-order chi connectivity index (χ1) is 9.45. The molecule has 2 rings (SSSR count). The molecule has 0 saturated heterocycles. The molecular formula is C14H17F2N3O. The molecule has 1 unspecified atom stereocenters. The molecule has 1 heterocycles. The number of hydrogen-bond donors (Lipinski definition) is 1. The lowest BCUT2D eigenvalue weighted by Crippen LogP contribution is -2.24. The van der Waals surface area contributed by atoms with Crippen LogP contribution in [0, 0.1) is 11.6 Å². The molecule has 108 valence electrons. The topological polar surface area (TPSA) is 41.3 Å². The van der Waals surface area contributed by atoms with E-state index in [1.54, 1.807) is 10.9 Å². The molecule has 1 aromatic carbocycles. The molecule has 0 saturated carbocycles. The minimum atomic E-state index is -0.948. The number of likely N-dealkylation sites (N-methyl/N-ethyl adjacent to an activating group) is 1. The average Bonchev–Trinajstić information content (AvgIpc) is 2.77. The van der Waals surface area contributed by atoms with E-state index in [1.165, 1.54) is 6.07 Å². The molecule has 0 radical (unpaired) electrons. The van der Waals surface area contributed by atoms with Gasteiger partial charge in [-0.2, -0.15) is 5.10 Å². The molecule has 0 aliphatic carbocycles. The van der Waals surface area contributed by atoms with E-state index in [0.717, 1.165) is 17.7 Å². The number of benzene rings is 1. The molecule has 6 heteroatoms. The van der Waals surface area contributed by atoms with Gasteiger partial charge in [-0.05, 0) is 24.7 Å². The fourth-order valence-corrected chi connectivity index (χ4v) is 2.05. The lowest BCUT2D eigenvalue weighted by Gasteiger charge is -2.20. The summed E-state index contributed by atoms with van der Waals surface area (Å²) in [6, 6.07) is 3.44. The normalized spacial score (nSPS) is 12.9. The summed E-state index contributed by atoms with van der Waals surface area (Å²) in [5, 5.41) is 14.1. The zero-order valence-corrected chi connectivity index (χ0v) is 11.4.